The van der Waals surface area contributed by atoms with E-state index in [1.165, 1.54) is 16.6 Å². The Hall–Kier alpha value is -2.99. The third-order valence-electron chi connectivity index (χ3n) is 5.90. The van der Waals surface area contributed by atoms with Gasteiger partial charge in [0.1, 0.15) is 29.3 Å². The zero-order chi connectivity index (χ0) is 26.6. The van der Waals surface area contributed by atoms with Gasteiger partial charge in [0, 0.05) is 25.7 Å². The van der Waals surface area contributed by atoms with Gasteiger partial charge in [-0.15, -0.1) is 0 Å². The lowest BCUT2D eigenvalue weighted by molar-refractivity contribution is 0.245. The van der Waals surface area contributed by atoms with E-state index in [1.807, 2.05) is 23.1 Å². The van der Waals surface area contributed by atoms with Gasteiger partial charge in [-0.1, -0.05) is 23.7 Å². The molecule has 2 heterocycles. The number of methoxy groups -OCH3 is 1. The molecule has 0 bridgehead atoms. The first kappa shape index (κ1) is 27.1. The number of rotatable bonds is 8. The summed E-state index contributed by atoms with van der Waals surface area (Å²) in [6.45, 7) is 1.59. The van der Waals surface area contributed by atoms with E-state index in [2.05, 4.69) is 0 Å². The van der Waals surface area contributed by atoms with Crippen LogP contribution in [0.3, 0.4) is 0 Å². The Balaban J connectivity index is 1.38. The molecule has 0 saturated carbocycles. The maximum atomic E-state index is 13.7. The molecule has 8 nitrogen and oxygen atoms in total. The van der Waals surface area contributed by atoms with Crippen molar-refractivity contribution in [3.63, 3.8) is 0 Å². The Morgan fingerprint density at radius 1 is 1.05 bits per heavy atom. The van der Waals surface area contributed by atoms with Crippen molar-refractivity contribution in [2.75, 3.05) is 33.3 Å². The first-order valence-corrected chi connectivity index (χ1v) is 13.2. The molecule has 1 fully saturated rings. The highest BCUT2D eigenvalue weighted by molar-refractivity contribution is 7.89. The number of ether oxygens (including phenoxy) is 2. The predicted octanol–water partition coefficient (Wildman–Crippen LogP) is 4.06. The number of benzene rings is 2. The summed E-state index contributed by atoms with van der Waals surface area (Å²) < 4.78 is 70.7. The van der Waals surface area contributed by atoms with Crippen LogP contribution in [0.2, 0.25) is 5.02 Å². The van der Waals surface area contributed by atoms with Crippen LogP contribution in [0.4, 0.5) is 8.78 Å². The van der Waals surface area contributed by atoms with E-state index in [0.29, 0.717) is 43.2 Å². The fourth-order valence-corrected chi connectivity index (χ4v) is 5.93. The summed E-state index contributed by atoms with van der Waals surface area (Å²) in [5.74, 6) is -1.35. The van der Waals surface area contributed by atoms with Crippen LogP contribution < -0.4 is 14.9 Å². The highest BCUT2D eigenvalue weighted by Crippen LogP contribution is 2.28. The van der Waals surface area contributed by atoms with Gasteiger partial charge in [0.05, 0.1) is 18.7 Å². The van der Waals surface area contributed by atoms with Crippen LogP contribution >= 0.6 is 11.6 Å². The second-order valence-electron chi connectivity index (χ2n) is 8.45. The molecule has 12 heteroatoms. The largest absolute Gasteiger partial charge is 0.497 e. The van der Waals surface area contributed by atoms with Gasteiger partial charge in [-0.05, 0) is 42.8 Å². The number of halogens is 3. The molecule has 0 atom stereocenters. The van der Waals surface area contributed by atoms with Crippen molar-refractivity contribution in [1.82, 2.24) is 9.21 Å². The highest BCUT2D eigenvalue weighted by Gasteiger charge is 2.30. The maximum absolute atomic E-state index is 13.7. The fraction of sp³-hybridized carbons (Fsp3) is 0.320. The molecule has 4 rings (SSSR count). The van der Waals surface area contributed by atoms with E-state index in [-0.39, 0.29) is 42.4 Å². The van der Waals surface area contributed by atoms with E-state index in [0.717, 1.165) is 5.56 Å². The van der Waals surface area contributed by atoms with Gasteiger partial charge in [0.2, 0.25) is 21.2 Å². The summed E-state index contributed by atoms with van der Waals surface area (Å²) in [5.41, 5.74) is 0.493. The fourth-order valence-electron chi connectivity index (χ4n) is 3.96. The predicted molar refractivity (Wildman–Crippen MR) is 132 cm³/mol. The number of nitrogens with zero attached hydrogens (tertiary/aromatic N) is 2. The lowest BCUT2D eigenvalue weighted by Gasteiger charge is -2.22. The summed E-state index contributed by atoms with van der Waals surface area (Å²) in [6, 6.07) is 9.88. The number of hydrogen-bond acceptors (Lipinski definition) is 7. The first-order valence-electron chi connectivity index (χ1n) is 11.4. The second kappa shape index (κ2) is 11.6. The molecule has 0 aliphatic carbocycles. The Morgan fingerprint density at radius 2 is 1.84 bits per heavy atom. The molecule has 3 aromatic rings. The smallest absolute Gasteiger partial charge is 0.244 e. The third-order valence-corrected chi connectivity index (χ3v) is 8.26. The lowest BCUT2D eigenvalue weighted by Crippen LogP contribution is -2.35. The molecule has 1 aromatic heterocycles. The van der Waals surface area contributed by atoms with Crippen molar-refractivity contribution in [2.45, 2.75) is 24.5 Å². The Labute approximate surface area is 218 Å². The van der Waals surface area contributed by atoms with E-state index in [1.54, 1.807) is 13.2 Å². The molecule has 0 radical (unpaired) electrons. The van der Waals surface area contributed by atoms with Gasteiger partial charge >= 0.3 is 0 Å². The highest BCUT2D eigenvalue weighted by atomic mass is 35.5. The van der Waals surface area contributed by atoms with Crippen molar-refractivity contribution < 1.29 is 31.1 Å². The Bertz CT molecular complexity index is 1430. The summed E-state index contributed by atoms with van der Waals surface area (Å²) in [6.07, 6.45) is 1.74. The summed E-state index contributed by atoms with van der Waals surface area (Å²) >= 11 is 5.90. The standard InChI is InChI=1S/C25H25ClF2N2O6S/c1-34-18-5-2-4-17(10-18)15-36-24-16-35-19(11-23(24)31)14-29-6-3-7-30(9-8-29)37(32,33)25-13-22(28)21(27)12-20(25)26/h2,4-5,10-13,16H,3,6-9,14-15H2,1H3. The third kappa shape index (κ3) is 6.48. The van der Waals surface area contributed by atoms with Crippen molar-refractivity contribution in [2.24, 2.45) is 0 Å². The molecule has 0 unspecified atom stereocenters. The average Bonchev–Trinajstić information content (AvgIpc) is 3.12. The normalized spacial score (nSPS) is 15.4. The van der Waals surface area contributed by atoms with Gasteiger partial charge in [0.15, 0.2) is 11.6 Å². The van der Waals surface area contributed by atoms with Gasteiger partial charge in [-0.2, -0.15) is 4.31 Å². The van der Waals surface area contributed by atoms with Crippen molar-refractivity contribution >= 4 is 21.6 Å². The van der Waals surface area contributed by atoms with Gasteiger partial charge in [-0.3, -0.25) is 9.69 Å². The topological polar surface area (TPSA) is 89.3 Å². The van der Waals surface area contributed by atoms with Crippen LogP contribution in [0.15, 0.2) is 62.8 Å². The molecule has 1 aliphatic rings. The van der Waals surface area contributed by atoms with Crippen LogP contribution in [0.25, 0.3) is 0 Å². The lowest BCUT2D eigenvalue weighted by atomic mass is 10.2. The molecule has 1 aliphatic heterocycles. The van der Waals surface area contributed by atoms with Crippen LogP contribution in [-0.2, 0) is 23.2 Å². The maximum Gasteiger partial charge on any atom is 0.244 e. The SMILES string of the molecule is COc1cccc(COc2coc(CN3CCCN(S(=O)(=O)c4cc(F)c(F)cc4Cl)CC3)cc2=O)c1. The van der Waals surface area contributed by atoms with Gasteiger partial charge in [0.25, 0.3) is 0 Å². The van der Waals surface area contributed by atoms with E-state index >= 15 is 0 Å². The zero-order valence-corrected chi connectivity index (χ0v) is 21.5. The van der Waals surface area contributed by atoms with E-state index < -0.39 is 26.6 Å². The van der Waals surface area contributed by atoms with Gasteiger partial charge in [-0.25, -0.2) is 17.2 Å². The molecule has 2 aromatic carbocycles. The quantitative estimate of drug-likeness (QED) is 0.388. The minimum absolute atomic E-state index is 0.0723. The molecule has 198 valence electrons. The van der Waals surface area contributed by atoms with E-state index in [9.17, 15) is 22.0 Å². The summed E-state index contributed by atoms with van der Waals surface area (Å²) in [4.78, 5) is 14.0. The van der Waals surface area contributed by atoms with Crippen molar-refractivity contribution in [1.29, 1.82) is 0 Å². The molecule has 0 spiro atoms. The summed E-state index contributed by atoms with van der Waals surface area (Å²) in [5, 5.41) is -0.379. The Kier molecular flexibility index (Phi) is 8.48. The van der Waals surface area contributed by atoms with Crippen molar-refractivity contribution in [3.8, 4) is 11.5 Å². The van der Waals surface area contributed by atoms with Crippen LogP contribution in [0.1, 0.15) is 17.7 Å². The molecular weight excluding hydrogens is 530 g/mol. The molecule has 37 heavy (non-hydrogen) atoms. The zero-order valence-electron chi connectivity index (χ0n) is 20.0. The Morgan fingerprint density at radius 3 is 2.59 bits per heavy atom. The minimum atomic E-state index is -4.13. The van der Waals surface area contributed by atoms with Crippen molar-refractivity contribution in [3.05, 3.63) is 86.9 Å². The first-order chi connectivity index (χ1) is 17.7. The van der Waals surface area contributed by atoms with Crippen LogP contribution in [0, 0.1) is 11.6 Å². The molecule has 0 N–H and O–H groups in total. The van der Waals surface area contributed by atoms with Crippen LogP contribution in [-0.4, -0.2) is 50.9 Å². The van der Waals surface area contributed by atoms with Gasteiger partial charge < -0.3 is 13.9 Å². The molecule has 0 amide bonds. The minimum Gasteiger partial charge on any atom is -0.497 e. The van der Waals surface area contributed by atoms with Crippen LogP contribution in [0.5, 0.6) is 11.5 Å². The monoisotopic (exact) mass is 554 g/mol. The summed E-state index contributed by atoms with van der Waals surface area (Å²) in [7, 11) is -2.56. The number of sulfonamides is 1. The average molecular weight is 555 g/mol. The number of hydrogen-bond donors (Lipinski definition) is 0. The second-order valence-corrected chi connectivity index (χ2v) is 10.8. The van der Waals surface area contributed by atoms with E-state index in [4.69, 9.17) is 25.5 Å². The molecule has 1 saturated heterocycles. The molecular formula is C25H25ClF2N2O6S.